The molecule has 4 heteroatoms. The van der Waals surface area contributed by atoms with Crippen molar-refractivity contribution in [3.63, 3.8) is 0 Å². The van der Waals surface area contributed by atoms with Crippen LogP contribution in [0.1, 0.15) is 6.92 Å². The zero-order valence-electron chi connectivity index (χ0n) is 7.21. The molecule has 0 aromatic rings. The molecule has 1 radical (unpaired) electrons. The second-order valence-electron chi connectivity index (χ2n) is 2.22. The Labute approximate surface area is 72.2 Å². The molecule has 0 aromatic heterocycles. The van der Waals surface area contributed by atoms with Crippen LogP contribution >= 0.6 is 0 Å². The number of rotatable bonds is 3. The summed E-state index contributed by atoms with van der Waals surface area (Å²) in [6, 6.07) is 0. The van der Waals surface area contributed by atoms with E-state index in [-0.39, 0.29) is 18.6 Å². The van der Waals surface area contributed by atoms with E-state index in [0.717, 1.165) is 0 Å². The molecule has 1 rings (SSSR count). The molecule has 0 saturated carbocycles. The Morgan fingerprint density at radius 3 is 2.50 bits per heavy atom. The van der Waals surface area contributed by atoms with Crippen molar-refractivity contribution in [3.05, 3.63) is 12.7 Å². The summed E-state index contributed by atoms with van der Waals surface area (Å²) < 4.78 is 4.55. The lowest BCUT2D eigenvalue weighted by molar-refractivity contribution is -0.116. The van der Waals surface area contributed by atoms with Gasteiger partial charge in [0.05, 0.1) is 6.61 Å². The Morgan fingerprint density at radius 2 is 2.42 bits per heavy atom. The molecule has 1 aliphatic rings. The second-order valence-corrected chi connectivity index (χ2v) is 2.22. The van der Waals surface area contributed by atoms with Crippen molar-refractivity contribution in [2.24, 2.45) is 0 Å². The molecule has 4 nitrogen and oxygen atoms in total. The molecule has 1 atom stereocenters. The average molecular weight is 172 g/mol. The minimum Gasteiger partial charge on any atom is -0.370 e. The summed E-state index contributed by atoms with van der Waals surface area (Å²) >= 11 is 0. The van der Waals surface area contributed by atoms with E-state index >= 15 is 0 Å². The lowest BCUT2D eigenvalue weighted by Crippen LogP contribution is -2.19. The first-order valence-electron chi connectivity index (χ1n) is 3.84. The van der Waals surface area contributed by atoms with E-state index in [1.807, 2.05) is 6.92 Å². The maximum absolute atomic E-state index is 10.2. The van der Waals surface area contributed by atoms with Gasteiger partial charge in [-0.15, -0.1) is 0 Å². The Kier molecular flexibility index (Phi) is 6.32. The van der Waals surface area contributed by atoms with Crippen LogP contribution in [0, 0.1) is 0 Å². The van der Waals surface area contributed by atoms with Crippen LogP contribution in [-0.4, -0.2) is 31.8 Å². The number of carbonyl (C=O) groups is 1. The molecule has 12 heavy (non-hydrogen) atoms. The molecule has 69 valence electrons. The molecule has 0 spiro atoms. The van der Waals surface area contributed by atoms with Gasteiger partial charge in [-0.05, 0) is 13.0 Å². The summed E-state index contributed by atoms with van der Waals surface area (Å²) in [7, 11) is 0. The molecule has 1 saturated heterocycles. The summed E-state index contributed by atoms with van der Waals surface area (Å²) in [5, 5.41) is 12.1. The molecule has 0 aliphatic carbocycles. The third-order valence-corrected chi connectivity index (χ3v) is 1.12. The third-order valence-electron chi connectivity index (χ3n) is 1.12. The Balaban J connectivity index is 0.000000211. The number of ether oxygens (including phenoxy) is 1. The molecule has 1 fully saturated rings. The van der Waals surface area contributed by atoms with Crippen molar-refractivity contribution in [2.75, 3.05) is 19.8 Å². The number of nitrogens with one attached hydrogen (secondary N) is 1. The molecular weight excluding hydrogens is 158 g/mol. The van der Waals surface area contributed by atoms with Gasteiger partial charge in [0.2, 0.25) is 5.91 Å². The van der Waals surface area contributed by atoms with E-state index in [1.165, 1.54) is 6.08 Å². The highest BCUT2D eigenvalue weighted by molar-refractivity contribution is 5.86. The van der Waals surface area contributed by atoms with E-state index in [0.29, 0.717) is 13.2 Å². The van der Waals surface area contributed by atoms with Gasteiger partial charge in [-0.2, -0.15) is 0 Å². The second kappa shape index (κ2) is 6.82. The molecular formula is C8H14NO3. The molecule has 1 amide bonds. The summed E-state index contributed by atoms with van der Waals surface area (Å²) in [5.74, 6) is -0.109. The summed E-state index contributed by atoms with van der Waals surface area (Å²) in [5.41, 5.74) is 0. The maximum atomic E-state index is 10.2. The Hall–Kier alpha value is -0.870. The van der Waals surface area contributed by atoms with Gasteiger partial charge in [-0.25, -0.2) is 5.11 Å². The van der Waals surface area contributed by atoms with Crippen LogP contribution in [0.3, 0.4) is 0 Å². The monoisotopic (exact) mass is 172 g/mol. The fraction of sp³-hybridized carbons (Fsp3) is 0.625. The number of epoxide rings is 1. The Morgan fingerprint density at radius 1 is 1.83 bits per heavy atom. The van der Waals surface area contributed by atoms with E-state index in [2.05, 4.69) is 16.6 Å². The number of carbonyl (C=O) groups excluding carboxylic acids is 1. The minimum atomic E-state index is -0.109. The van der Waals surface area contributed by atoms with Gasteiger partial charge in [-0.3, -0.25) is 4.79 Å². The van der Waals surface area contributed by atoms with Gasteiger partial charge in [0, 0.05) is 6.54 Å². The number of hydrogen-bond acceptors (Lipinski definition) is 2. The third kappa shape index (κ3) is 7.24. The van der Waals surface area contributed by atoms with Crippen LogP contribution in [0.2, 0.25) is 0 Å². The standard InChI is InChI=1S/C5H9NO.C3H5O2/c1-3-5(7)6-4-2;4-1-3-2-5-3/h3H,1,4H2,2H3,(H,6,7);3H,1-2H2. The predicted molar refractivity (Wildman–Crippen MR) is 44.2 cm³/mol. The van der Waals surface area contributed by atoms with Crippen molar-refractivity contribution >= 4 is 5.91 Å². The maximum Gasteiger partial charge on any atom is 0.243 e. The topological polar surface area (TPSA) is 61.5 Å². The van der Waals surface area contributed by atoms with Gasteiger partial charge in [0.15, 0.2) is 0 Å². The van der Waals surface area contributed by atoms with Crippen molar-refractivity contribution in [1.29, 1.82) is 0 Å². The van der Waals surface area contributed by atoms with Crippen LogP contribution in [0.15, 0.2) is 12.7 Å². The normalized spacial score (nSPS) is 18.7. The molecule has 1 unspecified atom stereocenters. The first-order valence-corrected chi connectivity index (χ1v) is 3.84. The van der Waals surface area contributed by atoms with Crippen LogP contribution in [-0.2, 0) is 14.6 Å². The molecule has 1 N–H and O–H groups in total. The highest BCUT2D eigenvalue weighted by Crippen LogP contribution is 2.05. The van der Waals surface area contributed by atoms with Crippen molar-refractivity contribution in [2.45, 2.75) is 13.0 Å². The summed E-state index contributed by atoms with van der Waals surface area (Å²) in [6.07, 6.45) is 1.33. The average Bonchev–Trinajstić information content (AvgIpc) is 2.88. The minimum absolute atomic E-state index is 0.0556. The SMILES string of the molecule is C=CC(=O)NCC.[O]CC1CO1. The number of amides is 1. The largest absolute Gasteiger partial charge is 0.370 e. The lowest BCUT2D eigenvalue weighted by Gasteiger charge is -1.90. The fourth-order valence-corrected chi connectivity index (χ4v) is 0.411. The van der Waals surface area contributed by atoms with Crippen LogP contribution < -0.4 is 5.32 Å². The van der Waals surface area contributed by atoms with E-state index in [4.69, 9.17) is 0 Å². The lowest BCUT2D eigenvalue weighted by atomic mass is 10.5. The highest BCUT2D eigenvalue weighted by atomic mass is 16.6. The molecule has 1 aliphatic heterocycles. The van der Waals surface area contributed by atoms with Crippen molar-refractivity contribution in [3.8, 4) is 0 Å². The highest BCUT2D eigenvalue weighted by Gasteiger charge is 2.20. The fourth-order valence-electron chi connectivity index (χ4n) is 0.411. The molecule has 1 heterocycles. The van der Waals surface area contributed by atoms with Gasteiger partial charge < -0.3 is 10.1 Å². The van der Waals surface area contributed by atoms with Gasteiger partial charge in [0.1, 0.15) is 12.7 Å². The van der Waals surface area contributed by atoms with Crippen molar-refractivity contribution < 1.29 is 14.6 Å². The van der Waals surface area contributed by atoms with Crippen LogP contribution in [0.4, 0.5) is 0 Å². The quantitative estimate of drug-likeness (QED) is 0.485. The van der Waals surface area contributed by atoms with Gasteiger partial charge in [0.25, 0.3) is 0 Å². The first-order chi connectivity index (χ1) is 5.74. The molecule has 0 bridgehead atoms. The van der Waals surface area contributed by atoms with Gasteiger partial charge in [-0.1, -0.05) is 6.58 Å². The zero-order chi connectivity index (χ0) is 9.40. The summed E-state index contributed by atoms with van der Waals surface area (Å²) in [4.78, 5) is 10.2. The number of likely N-dealkylation sites (N-methyl/N-ethyl adjacent to an activating group) is 1. The number of hydrogen-bond donors (Lipinski definition) is 1. The smallest absolute Gasteiger partial charge is 0.243 e. The summed E-state index contributed by atoms with van der Waals surface area (Å²) in [6.45, 7) is 6.44. The van der Waals surface area contributed by atoms with E-state index in [9.17, 15) is 9.90 Å². The van der Waals surface area contributed by atoms with Crippen LogP contribution in [0.5, 0.6) is 0 Å². The van der Waals surface area contributed by atoms with Crippen molar-refractivity contribution in [1.82, 2.24) is 5.32 Å². The predicted octanol–water partition coefficient (Wildman–Crippen LogP) is 0.124. The van der Waals surface area contributed by atoms with Gasteiger partial charge >= 0.3 is 0 Å². The first kappa shape index (κ1) is 11.1. The zero-order valence-corrected chi connectivity index (χ0v) is 7.21. The van der Waals surface area contributed by atoms with Crippen LogP contribution in [0.25, 0.3) is 0 Å². The Bertz CT molecular complexity index is 143. The van der Waals surface area contributed by atoms with E-state index in [1.54, 1.807) is 0 Å². The molecule has 0 aromatic carbocycles. The van der Waals surface area contributed by atoms with E-state index < -0.39 is 0 Å².